The van der Waals surface area contributed by atoms with Gasteiger partial charge in [0.05, 0.1) is 17.3 Å². The van der Waals surface area contributed by atoms with Crippen LogP contribution in [0.4, 0.5) is 10.8 Å². The average Bonchev–Trinajstić information content (AvgIpc) is 3.42. The van der Waals surface area contributed by atoms with Crippen LogP contribution in [-0.2, 0) is 14.8 Å². The molecule has 1 aliphatic heterocycles. The zero-order valence-corrected chi connectivity index (χ0v) is 18.3. The van der Waals surface area contributed by atoms with E-state index >= 15 is 0 Å². The number of hydrogen-bond donors (Lipinski definition) is 0. The topological polar surface area (TPSA) is 70.6 Å². The summed E-state index contributed by atoms with van der Waals surface area (Å²) in [6.45, 7) is 2.52. The van der Waals surface area contributed by atoms with Crippen LogP contribution in [0, 0.1) is 12.8 Å². The number of sulfonamides is 1. The highest BCUT2D eigenvalue weighted by molar-refractivity contribution is 7.91. The molecule has 3 heterocycles. The van der Waals surface area contributed by atoms with Gasteiger partial charge in [0.15, 0.2) is 5.13 Å². The number of thiazole rings is 1. The SMILES string of the molecule is Cc1csc(N(C(=O)[C@@H]2CCCN(S(=O)(=O)c3cccs3)C2)c2ccccc2)n1. The van der Waals surface area contributed by atoms with Crippen LogP contribution >= 0.6 is 22.7 Å². The summed E-state index contributed by atoms with van der Waals surface area (Å²) in [6, 6.07) is 12.7. The minimum absolute atomic E-state index is 0.114. The molecule has 1 amide bonds. The highest BCUT2D eigenvalue weighted by atomic mass is 32.2. The number of piperidine rings is 1. The summed E-state index contributed by atoms with van der Waals surface area (Å²) in [5.74, 6) is -0.528. The Morgan fingerprint density at radius 3 is 2.62 bits per heavy atom. The number of para-hydroxylation sites is 1. The predicted molar refractivity (Wildman–Crippen MR) is 116 cm³/mol. The Kier molecular flexibility index (Phi) is 5.82. The van der Waals surface area contributed by atoms with Gasteiger partial charge in [-0.2, -0.15) is 4.31 Å². The molecule has 1 saturated heterocycles. The third-order valence-electron chi connectivity index (χ3n) is 4.86. The fourth-order valence-electron chi connectivity index (χ4n) is 3.44. The van der Waals surface area contributed by atoms with Crippen LogP contribution in [0.2, 0.25) is 0 Å². The highest BCUT2D eigenvalue weighted by Gasteiger charge is 2.36. The normalized spacial score (nSPS) is 17.9. The Labute approximate surface area is 178 Å². The molecule has 2 aromatic heterocycles. The van der Waals surface area contributed by atoms with Gasteiger partial charge in [-0.05, 0) is 43.3 Å². The first-order valence-electron chi connectivity index (χ1n) is 9.31. The molecule has 152 valence electrons. The van der Waals surface area contributed by atoms with Crippen molar-refractivity contribution in [1.29, 1.82) is 0 Å². The summed E-state index contributed by atoms with van der Waals surface area (Å²) < 4.78 is 27.6. The first-order chi connectivity index (χ1) is 14.0. The van der Waals surface area contributed by atoms with Crippen molar-refractivity contribution < 1.29 is 13.2 Å². The maximum Gasteiger partial charge on any atom is 0.252 e. The van der Waals surface area contributed by atoms with Crippen molar-refractivity contribution in [1.82, 2.24) is 9.29 Å². The highest BCUT2D eigenvalue weighted by Crippen LogP contribution is 2.33. The number of carbonyl (C=O) groups excluding carboxylic acids is 1. The minimum Gasteiger partial charge on any atom is -0.274 e. The standard InChI is InChI=1S/C20H21N3O3S3/c1-15-14-28-20(21-15)23(17-8-3-2-4-9-17)19(24)16-7-5-11-22(13-16)29(25,26)18-10-6-12-27-18/h2-4,6,8-10,12,14,16H,5,7,11,13H2,1H3/t16-/m1/s1. The van der Waals surface area contributed by atoms with Crippen LogP contribution < -0.4 is 4.90 Å². The van der Waals surface area contributed by atoms with Gasteiger partial charge in [0.1, 0.15) is 4.21 Å². The average molecular weight is 448 g/mol. The molecule has 0 spiro atoms. The van der Waals surface area contributed by atoms with Gasteiger partial charge in [0.25, 0.3) is 10.0 Å². The van der Waals surface area contributed by atoms with Gasteiger partial charge in [-0.1, -0.05) is 24.3 Å². The second kappa shape index (κ2) is 8.35. The maximum absolute atomic E-state index is 13.5. The number of thiophene rings is 1. The molecule has 0 saturated carbocycles. The third-order valence-corrected chi connectivity index (χ3v) is 9.04. The lowest BCUT2D eigenvalue weighted by molar-refractivity contribution is -0.122. The van der Waals surface area contributed by atoms with Crippen LogP contribution in [0.5, 0.6) is 0 Å². The van der Waals surface area contributed by atoms with Crippen molar-refractivity contribution in [2.45, 2.75) is 24.0 Å². The summed E-state index contributed by atoms with van der Waals surface area (Å²) in [5, 5.41) is 4.27. The molecule has 4 rings (SSSR count). The van der Waals surface area contributed by atoms with Crippen LogP contribution in [0.3, 0.4) is 0 Å². The van der Waals surface area contributed by atoms with E-state index in [1.54, 1.807) is 22.4 Å². The van der Waals surface area contributed by atoms with Crippen molar-refractivity contribution in [3.05, 3.63) is 58.9 Å². The fraction of sp³-hybridized carbons (Fsp3) is 0.300. The van der Waals surface area contributed by atoms with Crippen LogP contribution in [-0.4, -0.2) is 36.7 Å². The van der Waals surface area contributed by atoms with Gasteiger partial charge in [0.2, 0.25) is 5.91 Å². The Balaban J connectivity index is 1.62. The van der Waals surface area contributed by atoms with Gasteiger partial charge in [-0.3, -0.25) is 9.69 Å². The summed E-state index contributed by atoms with van der Waals surface area (Å²) in [5.41, 5.74) is 1.59. The zero-order chi connectivity index (χ0) is 20.4. The van der Waals surface area contributed by atoms with Crippen molar-refractivity contribution in [3.8, 4) is 0 Å². The van der Waals surface area contributed by atoms with E-state index < -0.39 is 15.9 Å². The van der Waals surface area contributed by atoms with E-state index in [0.29, 0.717) is 28.7 Å². The Morgan fingerprint density at radius 2 is 1.97 bits per heavy atom. The van der Waals surface area contributed by atoms with E-state index in [1.165, 1.54) is 27.0 Å². The number of amides is 1. The van der Waals surface area contributed by atoms with Gasteiger partial charge >= 0.3 is 0 Å². The number of nitrogens with zero attached hydrogens (tertiary/aromatic N) is 3. The number of aromatic nitrogens is 1. The molecule has 1 atom stereocenters. The lowest BCUT2D eigenvalue weighted by atomic mass is 9.98. The summed E-state index contributed by atoms with van der Waals surface area (Å²) in [4.78, 5) is 19.7. The molecule has 29 heavy (non-hydrogen) atoms. The number of hydrogen-bond acceptors (Lipinski definition) is 6. The molecule has 1 fully saturated rings. The molecular formula is C20H21N3O3S3. The number of aryl methyl sites for hydroxylation is 1. The molecule has 0 N–H and O–H groups in total. The number of carbonyl (C=O) groups is 1. The first-order valence-corrected chi connectivity index (χ1v) is 12.5. The molecule has 0 unspecified atom stereocenters. The Hall–Kier alpha value is -2.07. The number of anilines is 2. The molecule has 0 aliphatic carbocycles. The molecule has 6 nitrogen and oxygen atoms in total. The first kappa shape index (κ1) is 20.2. The Bertz CT molecular complexity index is 1080. The van der Waals surface area contributed by atoms with E-state index in [9.17, 15) is 13.2 Å². The quantitative estimate of drug-likeness (QED) is 0.585. The van der Waals surface area contributed by atoms with Gasteiger partial charge in [0, 0.05) is 18.5 Å². The van der Waals surface area contributed by atoms with Crippen molar-refractivity contribution in [2.75, 3.05) is 18.0 Å². The predicted octanol–water partition coefficient (Wildman–Crippen LogP) is 4.28. The van der Waals surface area contributed by atoms with E-state index in [-0.39, 0.29) is 12.5 Å². The monoisotopic (exact) mass is 447 g/mol. The molecule has 1 aliphatic rings. The van der Waals surface area contributed by atoms with Crippen molar-refractivity contribution in [3.63, 3.8) is 0 Å². The zero-order valence-electron chi connectivity index (χ0n) is 15.9. The molecule has 0 bridgehead atoms. The summed E-state index contributed by atoms with van der Waals surface area (Å²) in [6.07, 6.45) is 1.31. The van der Waals surface area contributed by atoms with Gasteiger partial charge in [-0.25, -0.2) is 13.4 Å². The van der Waals surface area contributed by atoms with Crippen LogP contribution in [0.15, 0.2) is 57.4 Å². The lowest BCUT2D eigenvalue weighted by Crippen LogP contribution is -2.45. The third kappa shape index (κ3) is 4.13. The Morgan fingerprint density at radius 1 is 1.17 bits per heavy atom. The van der Waals surface area contributed by atoms with E-state index in [1.807, 2.05) is 42.6 Å². The second-order valence-corrected chi connectivity index (χ2v) is 10.9. The molecular weight excluding hydrogens is 426 g/mol. The minimum atomic E-state index is -3.57. The van der Waals surface area contributed by atoms with E-state index in [4.69, 9.17) is 0 Å². The van der Waals surface area contributed by atoms with E-state index in [2.05, 4.69) is 4.98 Å². The van der Waals surface area contributed by atoms with Crippen LogP contribution in [0.25, 0.3) is 0 Å². The van der Waals surface area contributed by atoms with Crippen LogP contribution in [0.1, 0.15) is 18.5 Å². The maximum atomic E-state index is 13.5. The fourth-order valence-corrected chi connectivity index (χ4v) is 6.93. The largest absolute Gasteiger partial charge is 0.274 e. The summed E-state index contributed by atoms with van der Waals surface area (Å²) >= 11 is 2.62. The van der Waals surface area contributed by atoms with Gasteiger partial charge < -0.3 is 0 Å². The molecule has 3 aromatic rings. The molecule has 9 heteroatoms. The molecule has 1 aromatic carbocycles. The van der Waals surface area contributed by atoms with Gasteiger partial charge in [-0.15, -0.1) is 22.7 Å². The lowest BCUT2D eigenvalue weighted by Gasteiger charge is -2.33. The van der Waals surface area contributed by atoms with Crippen molar-refractivity contribution in [2.24, 2.45) is 5.92 Å². The van der Waals surface area contributed by atoms with E-state index in [0.717, 1.165) is 11.4 Å². The van der Waals surface area contributed by atoms with Crippen molar-refractivity contribution >= 4 is 49.4 Å². The number of benzene rings is 1. The smallest absolute Gasteiger partial charge is 0.252 e. The second-order valence-electron chi connectivity index (χ2n) is 6.91. The number of rotatable bonds is 5. The molecule has 0 radical (unpaired) electrons. The summed E-state index contributed by atoms with van der Waals surface area (Å²) in [7, 11) is -3.57.